The Morgan fingerprint density at radius 1 is 1.10 bits per heavy atom. The molecular weight excluding hydrogens is 524 g/mol. The highest BCUT2D eigenvalue weighted by Gasteiger charge is 2.26. The lowest BCUT2D eigenvalue weighted by Crippen LogP contribution is -2.49. The highest BCUT2D eigenvalue weighted by atomic mass is 79.9. The third kappa shape index (κ3) is 7.35. The fraction of sp³-hybridized carbons (Fsp3) is 0.417. The van der Waals surface area contributed by atoms with Crippen molar-refractivity contribution < 1.29 is 14.3 Å². The number of hydrogen-bond acceptors (Lipinski definition) is 3. The molecule has 0 radical (unpaired) electrons. The van der Waals surface area contributed by atoms with Gasteiger partial charge in [-0.3, -0.25) is 9.59 Å². The third-order valence-electron chi connectivity index (χ3n) is 4.93. The van der Waals surface area contributed by atoms with E-state index in [2.05, 4.69) is 57.9 Å². The molecule has 0 saturated carbocycles. The molecule has 7 heteroatoms. The lowest BCUT2D eigenvalue weighted by Gasteiger charge is -2.28. The monoisotopic (exact) mass is 552 g/mol. The first-order valence-corrected chi connectivity index (χ1v) is 11.9. The number of halogens is 2. The van der Waals surface area contributed by atoms with Crippen molar-refractivity contribution in [2.24, 2.45) is 0 Å². The van der Waals surface area contributed by atoms with Crippen LogP contribution < -0.4 is 10.1 Å². The zero-order chi connectivity index (χ0) is 23.2. The molecule has 1 atom stereocenters. The molecule has 0 unspecified atom stereocenters. The lowest BCUT2D eigenvalue weighted by atomic mass is 9.87. The van der Waals surface area contributed by atoms with Crippen LogP contribution in [0.3, 0.4) is 0 Å². The molecular formula is C24H30Br2N2O3. The largest absolute Gasteiger partial charge is 0.483 e. The number of rotatable bonds is 8. The molecule has 168 valence electrons. The molecule has 0 aliphatic carbocycles. The fourth-order valence-corrected chi connectivity index (χ4v) is 3.76. The summed E-state index contributed by atoms with van der Waals surface area (Å²) in [5, 5.41) is 2.79. The van der Waals surface area contributed by atoms with E-state index in [1.165, 1.54) is 5.56 Å². The SMILES string of the molecule is CCNC(=O)[C@@H](C)N(Cc1ccc(Br)cc1)C(=O)COc1ccc(C(C)(C)C)cc1Br. The van der Waals surface area contributed by atoms with Crippen molar-refractivity contribution in [2.75, 3.05) is 13.2 Å². The predicted molar refractivity (Wildman–Crippen MR) is 131 cm³/mol. The van der Waals surface area contributed by atoms with Gasteiger partial charge in [-0.25, -0.2) is 0 Å². The summed E-state index contributed by atoms with van der Waals surface area (Å²) >= 11 is 6.96. The average Bonchev–Trinajstić information content (AvgIpc) is 2.71. The van der Waals surface area contributed by atoms with Gasteiger partial charge in [-0.2, -0.15) is 0 Å². The number of hydrogen-bond donors (Lipinski definition) is 1. The van der Waals surface area contributed by atoms with Crippen LogP contribution >= 0.6 is 31.9 Å². The van der Waals surface area contributed by atoms with Crippen molar-refractivity contribution in [2.45, 2.75) is 52.6 Å². The topological polar surface area (TPSA) is 58.6 Å². The molecule has 31 heavy (non-hydrogen) atoms. The second kappa shape index (κ2) is 11.1. The minimum Gasteiger partial charge on any atom is -0.483 e. The molecule has 0 heterocycles. The Hall–Kier alpha value is -1.86. The zero-order valence-corrected chi connectivity index (χ0v) is 21.8. The van der Waals surface area contributed by atoms with Crippen LogP contribution in [-0.4, -0.2) is 35.9 Å². The first-order valence-electron chi connectivity index (χ1n) is 10.3. The maximum atomic E-state index is 13.1. The number of ether oxygens (including phenoxy) is 1. The molecule has 2 rings (SSSR count). The smallest absolute Gasteiger partial charge is 0.261 e. The molecule has 0 spiro atoms. The fourth-order valence-electron chi connectivity index (χ4n) is 3.00. The summed E-state index contributed by atoms with van der Waals surface area (Å²) in [4.78, 5) is 27.1. The van der Waals surface area contributed by atoms with Crippen LogP contribution in [-0.2, 0) is 21.5 Å². The number of benzene rings is 2. The van der Waals surface area contributed by atoms with Crippen LogP contribution in [0.15, 0.2) is 51.4 Å². The molecule has 1 N–H and O–H groups in total. The van der Waals surface area contributed by atoms with Gasteiger partial charge in [-0.05, 0) is 70.6 Å². The second-order valence-corrected chi connectivity index (χ2v) is 10.2. The molecule has 5 nitrogen and oxygen atoms in total. The van der Waals surface area contributed by atoms with Gasteiger partial charge in [0.15, 0.2) is 6.61 Å². The van der Waals surface area contributed by atoms with Crippen molar-refractivity contribution in [3.05, 3.63) is 62.5 Å². The zero-order valence-electron chi connectivity index (χ0n) is 18.7. The molecule has 2 amide bonds. The molecule has 2 aromatic carbocycles. The Bertz CT molecular complexity index is 908. The van der Waals surface area contributed by atoms with E-state index < -0.39 is 6.04 Å². The van der Waals surface area contributed by atoms with Crippen molar-refractivity contribution >= 4 is 43.7 Å². The first-order chi connectivity index (χ1) is 14.5. The van der Waals surface area contributed by atoms with E-state index in [-0.39, 0.29) is 23.8 Å². The average molecular weight is 554 g/mol. The molecule has 2 aromatic rings. The summed E-state index contributed by atoms with van der Waals surface area (Å²) in [6, 6.07) is 12.9. The van der Waals surface area contributed by atoms with Crippen LogP contribution in [0.5, 0.6) is 5.75 Å². The first kappa shape index (κ1) is 25.4. The number of nitrogens with zero attached hydrogens (tertiary/aromatic N) is 1. The van der Waals surface area contributed by atoms with E-state index in [4.69, 9.17) is 4.74 Å². The Kier molecular flexibility index (Phi) is 9.13. The van der Waals surface area contributed by atoms with Gasteiger partial charge in [0, 0.05) is 17.6 Å². The predicted octanol–water partition coefficient (Wildman–Crippen LogP) is 5.44. The van der Waals surface area contributed by atoms with Crippen molar-refractivity contribution in [3.8, 4) is 5.75 Å². The van der Waals surface area contributed by atoms with E-state index in [9.17, 15) is 9.59 Å². The highest BCUT2D eigenvalue weighted by Crippen LogP contribution is 2.31. The van der Waals surface area contributed by atoms with E-state index in [1.807, 2.05) is 49.4 Å². The van der Waals surface area contributed by atoms with Gasteiger partial charge >= 0.3 is 0 Å². The van der Waals surface area contributed by atoms with E-state index in [0.717, 1.165) is 14.5 Å². The van der Waals surface area contributed by atoms with Gasteiger partial charge in [0.1, 0.15) is 11.8 Å². The summed E-state index contributed by atoms with van der Waals surface area (Å²) in [6.45, 7) is 10.7. The van der Waals surface area contributed by atoms with E-state index in [1.54, 1.807) is 11.8 Å². The van der Waals surface area contributed by atoms with Crippen LogP contribution in [0.1, 0.15) is 45.7 Å². The number of likely N-dealkylation sites (N-methyl/N-ethyl adjacent to an activating group) is 1. The molecule has 0 aliphatic heterocycles. The minimum absolute atomic E-state index is 0.0143. The van der Waals surface area contributed by atoms with Crippen LogP contribution in [0.25, 0.3) is 0 Å². The van der Waals surface area contributed by atoms with E-state index >= 15 is 0 Å². The number of nitrogens with one attached hydrogen (secondary N) is 1. The quantitative estimate of drug-likeness (QED) is 0.473. The van der Waals surface area contributed by atoms with Crippen LogP contribution in [0.4, 0.5) is 0 Å². The normalized spacial score (nSPS) is 12.2. The van der Waals surface area contributed by atoms with Gasteiger partial charge in [-0.15, -0.1) is 0 Å². The Morgan fingerprint density at radius 3 is 2.29 bits per heavy atom. The second-order valence-electron chi connectivity index (χ2n) is 8.40. The number of carbonyl (C=O) groups excluding carboxylic acids is 2. The van der Waals surface area contributed by atoms with Gasteiger partial charge in [0.2, 0.25) is 5.91 Å². The minimum atomic E-state index is -0.619. The molecule has 0 aromatic heterocycles. The Morgan fingerprint density at radius 2 is 1.74 bits per heavy atom. The van der Waals surface area contributed by atoms with Gasteiger partial charge in [0.25, 0.3) is 5.91 Å². The van der Waals surface area contributed by atoms with Gasteiger partial charge in [0.05, 0.1) is 4.47 Å². The van der Waals surface area contributed by atoms with Gasteiger partial charge < -0.3 is 15.0 Å². The Labute approximate surface area is 201 Å². The van der Waals surface area contributed by atoms with Crippen molar-refractivity contribution in [3.63, 3.8) is 0 Å². The van der Waals surface area contributed by atoms with Crippen LogP contribution in [0.2, 0.25) is 0 Å². The third-order valence-corrected chi connectivity index (χ3v) is 6.08. The summed E-state index contributed by atoms with van der Waals surface area (Å²) in [7, 11) is 0. The maximum absolute atomic E-state index is 13.1. The number of carbonyl (C=O) groups is 2. The summed E-state index contributed by atoms with van der Waals surface area (Å²) < 4.78 is 7.57. The molecule has 0 fully saturated rings. The lowest BCUT2D eigenvalue weighted by molar-refractivity contribution is -0.142. The van der Waals surface area contributed by atoms with Crippen molar-refractivity contribution in [1.82, 2.24) is 10.2 Å². The molecule has 0 aliphatic rings. The summed E-state index contributed by atoms with van der Waals surface area (Å²) in [6.07, 6.45) is 0. The summed E-state index contributed by atoms with van der Waals surface area (Å²) in [5.74, 6) is 0.146. The highest BCUT2D eigenvalue weighted by molar-refractivity contribution is 9.10. The van der Waals surface area contributed by atoms with Crippen LogP contribution in [0, 0.1) is 0 Å². The van der Waals surface area contributed by atoms with Gasteiger partial charge in [-0.1, -0.05) is 54.9 Å². The summed E-state index contributed by atoms with van der Waals surface area (Å²) in [5.41, 5.74) is 2.11. The standard InChI is InChI=1S/C24H30Br2N2O3/c1-6-27-23(30)16(2)28(14-17-7-10-19(25)11-8-17)22(29)15-31-21-12-9-18(13-20(21)26)24(3,4)5/h7-13,16H,6,14-15H2,1-5H3,(H,27,30)/t16-/m1/s1. The number of amides is 2. The molecule has 0 saturated heterocycles. The maximum Gasteiger partial charge on any atom is 0.261 e. The Balaban J connectivity index is 2.16. The van der Waals surface area contributed by atoms with E-state index in [0.29, 0.717) is 18.8 Å². The van der Waals surface area contributed by atoms with Crippen molar-refractivity contribution in [1.29, 1.82) is 0 Å². The molecule has 0 bridgehead atoms.